The van der Waals surface area contributed by atoms with Crippen molar-refractivity contribution in [3.8, 4) is 0 Å². The Kier molecular flexibility index (Phi) is 10.5. The monoisotopic (exact) mass is 688 g/mol. The molecule has 268 valence electrons. The summed E-state index contributed by atoms with van der Waals surface area (Å²) >= 11 is 0. The molecule has 2 saturated heterocycles. The van der Waals surface area contributed by atoms with E-state index in [1.165, 1.54) is 32.9 Å². The highest BCUT2D eigenvalue weighted by Crippen LogP contribution is 2.59. The molecule has 1 aromatic carbocycles. The van der Waals surface area contributed by atoms with Crippen LogP contribution in [0.5, 0.6) is 0 Å². The molecule has 0 spiro atoms. The van der Waals surface area contributed by atoms with Crippen LogP contribution in [0.25, 0.3) is 0 Å². The first kappa shape index (κ1) is 37.7. The number of hydrogen-bond donors (Lipinski definition) is 2. The number of fused-ring (bicyclic) bond motifs is 4. The lowest BCUT2D eigenvalue weighted by atomic mass is 9.68. The van der Waals surface area contributed by atoms with Gasteiger partial charge in [0.05, 0.1) is 17.4 Å². The molecule has 3 aliphatic rings. The second-order valence-electron chi connectivity index (χ2n) is 13.7. The molecule has 3 fully saturated rings. The summed E-state index contributed by atoms with van der Waals surface area (Å²) in [4.78, 5) is 78.7. The summed E-state index contributed by atoms with van der Waals surface area (Å²) in [6.07, 6.45) is -10.4. The predicted molar refractivity (Wildman–Crippen MR) is 167 cm³/mol. The number of ketones is 1. The van der Waals surface area contributed by atoms with Gasteiger partial charge >= 0.3 is 29.8 Å². The van der Waals surface area contributed by atoms with E-state index >= 15 is 0 Å². The number of benzene rings is 1. The number of esters is 5. The Morgan fingerprint density at radius 2 is 1.39 bits per heavy atom. The summed E-state index contributed by atoms with van der Waals surface area (Å²) in [5.74, 6) is -11.6. The molecule has 49 heavy (non-hydrogen) atoms. The average Bonchev–Trinajstić information content (AvgIpc) is 3.42. The maximum Gasteiger partial charge on any atom is 0.338 e. The highest BCUT2D eigenvalue weighted by Gasteiger charge is 2.76. The first-order valence-corrected chi connectivity index (χ1v) is 16.0. The zero-order chi connectivity index (χ0) is 36.8. The fourth-order valence-corrected chi connectivity index (χ4v) is 7.61. The summed E-state index contributed by atoms with van der Waals surface area (Å²) in [5, 5.41) is 24.8. The molecule has 1 aliphatic carbocycles. The first-order valence-electron chi connectivity index (χ1n) is 16.0. The van der Waals surface area contributed by atoms with Crippen LogP contribution in [0.1, 0.15) is 72.2 Å². The fourth-order valence-electron chi connectivity index (χ4n) is 7.61. The highest BCUT2D eigenvalue weighted by atomic mass is 16.7. The van der Waals surface area contributed by atoms with Crippen LogP contribution in [0.4, 0.5) is 0 Å². The van der Waals surface area contributed by atoms with E-state index in [9.17, 15) is 39.0 Å². The summed E-state index contributed by atoms with van der Waals surface area (Å²) in [6, 6.07) is 7.71. The third-order valence-corrected chi connectivity index (χ3v) is 9.83. The van der Waals surface area contributed by atoms with E-state index in [0.29, 0.717) is 0 Å². The van der Waals surface area contributed by atoms with Crippen LogP contribution < -0.4 is 0 Å². The van der Waals surface area contributed by atoms with Crippen molar-refractivity contribution in [1.29, 1.82) is 0 Å². The SMILES string of the molecule is C=C1[C@@H](OC(C)=O)[C@@H](OC(=O)c2ccccc2)[C@@H](O)C(C)(C)[C@H]2O[C@](O)([C@H](C)C2=O)[C@@]2(OC(C)=O)C[C@H](C)[C@H](OC(C)=O)[C@@H]2[C@H]1OC(C)=O. The Morgan fingerprint density at radius 1 is 0.837 bits per heavy atom. The second-order valence-corrected chi connectivity index (χ2v) is 13.7. The van der Waals surface area contributed by atoms with Gasteiger partial charge < -0.3 is 38.6 Å². The number of carbonyl (C=O) groups excluding carboxylic acids is 6. The molecule has 1 aromatic rings. The molecule has 4 rings (SSSR count). The molecule has 2 heterocycles. The maximum absolute atomic E-state index is 14.1. The van der Waals surface area contributed by atoms with Gasteiger partial charge in [-0.2, -0.15) is 0 Å². The molecule has 0 radical (unpaired) electrons. The van der Waals surface area contributed by atoms with E-state index in [4.69, 9.17) is 28.4 Å². The number of hydrogen-bond acceptors (Lipinski definition) is 14. The van der Waals surface area contributed by atoms with Gasteiger partial charge in [-0.1, -0.05) is 52.5 Å². The zero-order valence-electron chi connectivity index (χ0n) is 28.8. The van der Waals surface area contributed by atoms with E-state index in [0.717, 1.165) is 27.7 Å². The normalized spacial score (nSPS) is 36.8. The molecule has 0 amide bonds. The van der Waals surface area contributed by atoms with Gasteiger partial charge in [-0.25, -0.2) is 4.79 Å². The fraction of sp³-hybridized carbons (Fsp3) is 0.600. The second kappa shape index (κ2) is 13.6. The molecule has 2 aliphatic heterocycles. The summed E-state index contributed by atoms with van der Waals surface area (Å²) in [5.41, 5.74) is -4.20. The number of aliphatic hydroxyl groups is 2. The van der Waals surface area contributed by atoms with Crippen LogP contribution in [0.15, 0.2) is 42.5 Å². The average molecular weight is 689 g/mol. The number of aliphatic hydroxyl groups excluding tert-OH is 1. The lowest BCUT2D eigenvalue weighted by Gasteiger charge is -2.49. The van der Waals surface area contributed by atoms with Gasteiger partial charge in [0.2, 0.25) is 5.79 Å². The Balaban J connectivity index is 2.10. The minimum atomic E-state index is -2.67. The summed E-state index contributed by atoms with van der Waals surface area (Å²) < 4.78 is 35.4. The smallest absolute Gasteiger partial charge is 0.338 e. The third kappa shape index (κ3) is 6.61. The number of rotatable bonds is 6. The van der Waals surface area contributed by atoms with E-state index in [2.05, 4.69) is 6.58 Å². The highest BCUT2D eigenvalue weighted by molar-refractivity contribution is 5.90. The molecule has 14 nitrogen and oxygen atoms in total. The molecule has 1 saturated carbocycles. The van der Waals surface area contributed by atoms with Gasteiger partial charge in [-0.15, -0.1) is 0 Å². The molecule has 14 heteroatoms. The Hall–Kier alpha value is -4.14. The molecule has 11 atom stereocenters. The molecule has 2 bridgehead atoms. The van der Waals surface area contributed by atoms with Crippen LogP contribution in [-0.2, 0) is 52.4 Å². The largest absolute Gasteiger partial charge is 0.462 e. The summed E-state index contributed by atoms with van der Waals surface area (Å²) in [6.45, 7) is 14.2. The minimum Gasteiger partial charge on any atom is -0.462 e. The van der Waals surface area contributed by atoms with Crippen molar-refractivity contribution < 1.29 is 67.4 Å². The van der Waals surface area contributed by atoms with Crippen LogP contribution in [-0.4, -0.2) is 93.9 Å². The van der Waals surface area contributed by atoms with Gasteiger partial charge in [0.1, 0.15) is 24.4 Å². The van der Waals surface area contributed by atoms with Crippen LogP contribution >= 0.6 is 0 Å². The van der Waals surface area contributed by atoms with Crippen LogP contribution in [0, 0.1) is 23.2 Å². The standard InChI is InChI=1S/C35H44O14/c1-16-15-34(48-22(7)39)24(26(16)44-19(4)36)27(45-20(5)37)17(2)28(46-21(6)38)29(47-32(42)23-13-11-10-12-14-23)30(41)33(8,9)31-25(40)18(3)35(34,43)49-31/h10-14,16,18,24,26-31,41,43H,2,15H2,1,3-9H3/t16-,18+,24+,26-,27-,28+,29+,30+,31-,34+,35+/m0/s1. The van der Waals surface area contributed by atoms with Crippen molar-refractivity contribution in [1.82, 2.24) is 0 Å². The first-order chi connectivity index (χ1) is 22.7. The lowest BCUT2D eigenvalue weighted by Crippen LogP contribution is -2.66. The van der Waals surface area contributed by atoms with Crippen molar-refractivity contribution in [3.05, 3.63) is 48.0 Å². The zero-order valence-corrected chi connectivity index (χ0v) is 28.8. The third-order valence-electron chi connectivity index (χ3n) is 9.83. The molecule has 0 aromatic heterocycles. The number of Topliss-reactive ketones (excluding diaryl/α,β-unsaturated/α-hetero) is 1. The van der Waals surface area contributed by atoms with Gasteiger partial charge in [0, 0.05) is 38.7 Å². The van der Waals surface area contributed by atoms with Gasteiger partial charge in [-0.3, -0.25) is 24.0 Å². The van der Waals surface area contributed by atoms with E-state index in [1.54, 1.807) is 25.1 Å². The number of ether oxygens (including phenoxy) is 6. The molecule has 2 N–H and O–H groups in total. The molecular weight excluding hydrogens is 644 g/mol. The van der Waals surface area contributed by atoms with Crippen molar-refractivity contribution in [2.24, 2.45) is 23.2 Å². The summed E-state index contributed by atoms with van der Waals surface area (Å²) in [7, 11) is 0. The topological polar surface area (TPSA) is 198 Å². The van der Waals surface area contributed by atoms with Crippen molar-refractivity contribution in [2.45, 2.75) is 110 Å². The predicted octanol–water partition coefficient (Wildman–Crippen LogP) is 2.21. The van der Waals surface area contributed by atoms with Crippen LogP contribution in [0.3, 0.4) is 0 Å². The Bertz CT molecular complexity index is 1520. The quantitative estimate of drug-likeness (QED) is 0.251. The lowest BCUT2D eigenvalue weighted by molar-refractivity contribution is -0.333. The van der Waals surface area contributed by atoms with E-state index in [1.807, 2.05) is 0 Å². The minimum absolute atomic E-state index is 0.0650. The van der Waals surface area contributed by atoms with Crippen molar-refractivity contribution in [2.75, 3.05) is 0 Å². The number of carbonyl (C=O) groups is 6. The van der Waals surface area contributed by atoms with Crippen molar-refractivity contribution in [3.63, 3.8) is 0 Å². The van der Waals surface area contributed by atoms with Gasteiger partial charge in [-0.05, 0) is 24.5 Å². The Labute approximate surface area is 284 Å². The Morgan fingerprint density at radius 3 is 1.92 bits per heavy atom. The van der Waals surface area contributed by atoms with Crippen LogP contribution in [0.2, 0.25) is 0 Å². The molecular formula is C35H44O14. The van der Waals surface area contributed by atoms with Gasteiger partial charge in [0.25, 0.3) is 0 Å². The maximum atomic E-state index is 14.1. The van der Waals surface area contributed by atoms with Crippen molar-refractivity contribution >= 4 is 35.6 Å². The van der Waals surface area contributed by atoms with Gasteiger partial charge in [0.15, 0.2) is 23.6 Å². The molecule has 0 unspecified atom stereocenters. The van der Waals surface area contributed by atoms with E-state index < -0.39 is 107 Å². The van der Waals surface area contributed by atoms with E-state index in [-0.39, 0.29) is 17.6 Å².